The summed E-state index contributed by atoms with van der Waals surface area (Å²) in [5, 5.41) is 11.7. The van der Waals surface area contributed by atoms with Crippen LogP contribution in [0.25, 0.3) is 0 Å². The fourth-order valence-corrected chi connectivity index (χ4v) is 3.18. The Hall–Kier alpha value is -1.93. The normalized spacial score (nSPS) is 13.8. The average Bonchev–Trinajstić information content (AvgIpc) is 2.59. The van der Waals surface area contributed by atoms with Crippen molar-refractivity contribution >= 4 is 27.5 Å². The summed E-state index contributed by atoms with van der Waals surface area (Å²) in [4.78, 5) is 12.2. The van der Waals surface area contributed by atoms with Gasteiger partial charge in [0, 0.05) is 11.1 Å². The van der Waals surface area contributed by atoms with E-state index in [0.29, 0.717) is 5.02 Å². The first kappa shape index (κ1) is 20.4. The topological polar surface area (TPSA) is 101 Å². The molecular formula is C18H22ClN3O3S. The molecule has 1 amide bonds. The summed E-state index contributed by atoms with van der Waals surface area (Å²) in [7, 11) is -3.72. The standard InChI is InChI=1S/C18H22ClN3O3S/c1-12(15-4-3-5-16(19)10-15)21-11-18(23)22-13(2)14-6-8-17(9-7-14)26(20,24)25/h3-10,12-13,21H,11H2,1-2H3,(H,22,23)(H2,20,24,25)/t12-,13+/m0/s1. The predicted octanol–water partition coefficient (Wildman–Crippen LogP) is 2.52. The zero-order chi connectivity index (χ0) is 19.3. The quantitative estimate of drug-likeness (QED) is 0.670. The van der Waals surface area contributed by atoms with Gasteiger partial charge in [-0.2, -0.15) is 0 Å². The van der Waals surface area contributed by atoms with Crippen LogP contribution < -0.4 is 15.8 Å². The van der Waals surface area contributed by atoms with Crippen LogP contribution in [0.3, 0.4) is 0 Å². The maximum atomic E-state index is 12.1. The van der Waals surface area contributed by atoms with Gasteiger partial charge >= 0.3 is 0 Å². The Balaban J connectivity index is 1.89. The highest BCUT2D eigenvalue weighted by Gasteiger charge is 2.13. The molecule has 0 aromatic heterocycles. The van der Waals surface area contributed by atoms with Gasteiger partial charge in [-0.3, -0.25) is 4.79 Å². The van der Waals surface area contributed by atoms with Crippen LogP contribution >= 0.6 is 11.6 Å². The van der Waals surface area contributed by atoms with E-state index in [1.54, 1.807) is 18.2 Å². The van der Waals surface area contributed by atoms with Crippen molar-refractivity contribution in [3.63, 3.8) is 0 Å². The molecule has 2 aromatic rings. The maximum absolute atomic E-state index is 12.1. The number of sulfonamides is 1. The van der Waals surface area contributed by atoms with Crippen LogP contribution in [0.2, 0.25) is 5.02 Å². The summed E-state index contributed by atoms with van der Waals surface area (Å²) in [6, 6.07) is 13.3. The molecule has 26 heavy (non-hydrogen) atoms. The van der Waals surface area contributed by atoms with Crippen molar-refractivity contribution in [3.8, 4) is 0 Å². The second-order valence-corrected chi connectivity index (χ2v) is 8.06. The fraction of sp³-hybridized carbons (Fsp3) is 0.278. The van der Waals surface area contributed by atoms with Gasteiger partial charge in [-0.1, -0.05) is 35.9 Å². The van der Waals surface area contributed by atoms with E-state index >= 15 is 0 Å². The molecular weight excluding hydrogens is 374 g/mol. The zero-order valence-electron chi connectivity index (χ0n) is 14.6. The van der Waals surface area contributed by atoms with Crippen molar-refractivity contribution in [3.05, 3.63) is 64.7 Å². The number of benzene rings is 2. The van der Waals surface area contributed by atoms with E-state index in [1.165, 1.54) is 12.1 Å². The lowest BCUT2D eigenvalue weighted by molar-refractivity contribution is -0.121. The van der Waals surface area contributed by atoms with Crippen LogP contribution in [0.4, 0.5) is 0 Å². The minimum atomic E-state index is -3.72. The first-order chi connectivity index (χ1) is 12.2. The van der Waals surface area contributed by atoms with Crippen molar-refractivity contribution in [1.82, 2.24) is 10.6 Å². The van der Waals surface area contributed by atoms with Crippen LogP contribution in [0, 0.1) is 0 Å². The van der Waals surface area contributed by atoms with E-state index in [0.717, 1.165) is 11.1 Å². The lowest BCUT2D eigenvalue weighted by Crippen LogP contribution is -2.36. The Bertz CT molecular complexity index is 870. The van der Waals surface area contributed by atoms with Crippen molar-refractivity contribution in [2.45, 2.75) is 30.8 Å². The van der Waals surface area contributed by atoms with Crippen molar-refractivity contribution in [2.75, 3.05) is 6.54 Å². The number of carbonyl (C=O) groups excluding carboxylic acids is 1. The van der Waals surface area contributed by atoms with Crippen LogP contribution in [0.15, 0.2) is 53.4 Å². The molecule has 0 saturated carbocycles. The summed E-state index contributed by atoms with van der Waals surface area (Å²) < 4.78 is 22.5. The summed E-state index contributed by atoms with van der Waals surface area (Å²) >= 11 is 5.98. The van der Waals surface area contributed by atoms with Gasteiger partial charge in [-0.05, 0) is 49.2 Å². The molecule has 0 heterocycles. The Morgan fingerprint density at radius 1 is 1.08 bits per heavy atom. The molecule has 0 bridgehead atoms. The smallest absolute Gasteiger partial charge is 0.238 e. The van der Waals surface area contributed by atoms with Crippen LogP contribution in [0.1, 0.15) is 37.1 Å². The van der Waals surface area contributed by atoms with Gasteiger partial charge in [0.05, 0.1) is 17.5 Å². The van der Waals surface area contributed by atoms with Crippen molar-refractivity contribution < 1.29 is 13.2 Å². The van der Waals surface area contributed by atoms with Gasteiger partial charge in [0.25, 0.3) is 0 Å². The van der Waals surface area contributed by atoms with Gasteiger partial charge in [-0.15, -0.1) is 0 Å². The molecule has 0 aliphatic heterocycles. The third-order valence-electron chi connectivity index (χ3n) is 4.00. The Labute approximate surface area is 158 Å². The SMILES string of the molecule is C[C@H](NCC(=O)N[C@H](C)c1ccc(S(N)(=O)=O)cc1)c1cccc(Cl)c1. The van der Waals surface area contributed by atoms with Gasteiger partial charge in [0.1, 0.15) is 0 Å². The summed E-state index contributed by atoms with van der Waals surface area (Å²) in [6.45, 7) is 3.92. The first-order valence-electron chi connectivity index (χ1n) is 8.08. The largest absolute Gasteiger partial charge is 0.348 e. The van der Waals surface area contributed by atoms with E-state index < -0.39 is 10.0 Å². The molecule has 6 nitrogen and oxygen atoms in total. The summed E-state index contributed by atoms with van der Waals surface area (Å²) in [6.07, 6.45) is 0. The van der Waals surface area contributed by atoms with Gasteiger partial charge in [0.15, 0.2) is 0 Å². The molecule has 2 rings (SSSR count). The fourth-order valence-electron chi connectivity index (χ4n) is 2.46. The molecule has 0 spiro atoms. The van der Waals surface area contributed by atoms with Gasteiger partial charge in [0.2, 0.25) is 15.9 Å². The number of hydrogen-bond acceptors (Lipinski definition) is 4. The molecule has 0 fully saturated rings. The Morgan fingerprint density at radius 2 is 1.73 bits per heavy atom. The minimum absolute atomic E-state index is 0.0243. The van der Waals surface area contributed by atoms with E-state index in [2.05, 4.69) is 10.6 Å². The maximum Gasteiger partial charge on any atom is 0.238 e. The number of hydrogen-bond donors (Lipinski definition) is 3. The number of nitrogens with one attached hydrogen (secondary N) is 2. The van der Waals surface area contributed by atoms with E-state index in [9.17, 15) is 13.2 Å². The van der Waals surface area contributed by atoms with Crippen LogP contribution in [-0.2, 0) is 14.8 Å². The highest BCUT2D eigenvalue weighted by atomic mass is 35.5. The second kappa shape index (κ2) is 8.64. The molecule has 0 saturated heterocycles. The molecule has 0 unspecified atom stereocenters. The molecule has 4 N–H and O–H groups in total. The molecule has 8 heteroatoms. The minimum Gasteiger partial charge on any atom is -0.348 e. The number of amides is 1. The van der Waals surface area contributed by atoms with Crippen molar-refractivity contribution in [1.29, 1.82) is 0 Å². The van der Waals surface area contributed by atoms with Crippen LogP contribution in [-0.4, -0.2) is 20.9 Å². The monoisotopic (exact) mass is 395 g/mol. The van der Waals surface area contributed by atoms with Gasteiger partial charge in [-0.25, -0.2) is 13.6 Å². The number of carbonyl (C=O) groups is 1. The predicted molar refractivity (Wildman–Crippen MR) is 102 cm³/mol. The molecule has 0 aliphatic rings. The van der Waals surface area contributed by atoms with E-state index in [-0.39, 0.29) is 29.4 Å². The number of nitrogens with two attached hydrogens (primary N) is 1. The number of halogens is 1. The third-order valence-corrected chi connectivity index (χ3v) is 5.17. The average molecular weight is 396 g/mol. The van der Waals surface area contributed by atoms with Crippen molar-refractivity contribution in [2.24, 2.45) is 5.14 Å². The first-order valence-corrected chi connectivity index (χ1v) is 10.00. The molecule has 140 valence electrons. The lowest BCUT2D eigenvalue weighted by atomic mass is 10.1. The molecule has 0 aliphatic carbocycles. The number of primary sulfonamides is 1. The summed E-state index contributed by atoms with van der Waals surface area (Å²) in [5.74, 6) is -0.165. The second-order valence-electron chi connectivity index (χ2n) is 6.06. The van der Waals surface area contributed by atoms with E-state index in [4.69, 9.17) is 16.7 Å². The molecule has 2 atom stereocenters. The molecule has 2 aromatic carbocycles. The lowest BCUT2D eigenvalue weighted by Gasteiger charge is -2.17. The van der Waals surface area contributed by atoms with Gasteiger partial charge < -0.3 is 10.6 Å². The molecule has 0 radical (unpaired) electrons. The van der Waals surface area contributed by atoms with Crippen LogP contribution in [0.5, 0.6) is 0 Å². The van der Waals surface area contributed by atoms with E-state index in [1.807, 2.05) is 32.0 Å². The summed E-state index contributed by atoms with van der Waals surface area (Å²) in [5.41, 5.74) is 1.78. The number of rotatable bonds is 7. The zero-order valence-corrected chi connectivity index (χ0v) is 16.1. The highest BCUT2D eigenvalue weighted by molar-refractivity contribution is 7.89. The third kappa shape index (κ3) is 5.81. The Kier molecular flexibility index (Phi) is 6.77. The highest BCUT2D eigenvalue weighted by Crippen LogP contribution is 2.17. The Morgan fingerprint density at radius 3 is 2.31 bits per heavy atom.